The summed E-state index contributed by atoms with van der Waals surface area (Å²) in [5, 5.41) is 3.50. The van der Waals surface area contributed by atoms with E-state index in [1.165, 1.54) is 11.3 Å². The maximum atomic E-state index is 5.19. The van der Waals surface area contributed by atoms with Gasteiger partial charge in [-0.3, -0.25) is 0 Å². The fourth-order valence-electron chi connectivity index (χ4n) is 1.82. The molecular formula is C16H28N2O. The highest BCUT2D eigenvalue weighted by Crippen LogP contribution is 2.16. The van der Waals surface area contributed by atoms with Crippen LogP contribution in [-0.2, 0) is 11.3 Å². The lowest BCUT2D eigenvalue weighted by molar-refractivity contribution is 0.183. The number of methoxy groups -OCH3 is 1. The Labute approximate surface area is 118 Å². The van der Waals surface area contributed by atoms with Gasteiger partial charge in [0.1, 0.15) is 0 Å². The molecule has 0 heterocycles. The number of anilines is 1. The third-order valence-electron chi connectivity index (χ3n) is 3.24. The standard InChI is InChI=1S/C16H28N2O/c1-13(12-19-6)18(5)15-9-7-14(8-10-15)11-17-16(2,3)4/h7-10,13,17H,11-12H2,1-6H3. The van der Waals surface area contributed by atoms with Crippen LogP contribution in [-0.4, -0.2) is 32.3 Å². The fraction of sp³-hybridized carbons (Fsp3) is 0.625. The zero-order valence-corrected chi connectivity index (χ0v) is 13.2. The van der Waals surface area contributed by atoms with Crippen molar-refractivity contribution in [1.29, 1.82) is 0 Å². The molecule has 3 heteroatoms. The topological polar surface area (TPSA) is 24.5 Å². The summed E-state index contributed by atoms with van der Waals surface area (Å²) in [4.78, 5) is 2.24. The first-order chi connectivity index (χ1) is 8.83. The van der Waals surface area contributed by atoms with Gasteiger partial charge in [-0.1, -0.05) is 12.1 Å². The van der Waals surface area contributed by atoms with Crippen LogP contribution < -0.4 is 10.2 Å². The molecule has 1 atom stereocenters. The van der Waals surface area contributed by atoms with E-state index in [9.17, 15) is 0 Å². The van der Waals surface area contributed by atoms with E-state index in [4.69, 9.17) is 4.74 Å². The van der Waals surface area contributed by atoms with Crippen LogP contribution >= 0.6 is 0 Å². The number of likely N-dealkylation sites (N-methyl/N-ethyl adjacent to an activating group) is 1. The quantitative estimate of drug-likeness (QED) is 0.854. The van der Waals surface area contributed by atoms with Gasteiger partial charge >= 0.3 is 0 Å². The molecule has 1 aromatic carbocycles. The molecule has 0 aliphatic heterocycles. The van der Waals surface area contributed by atoms with Crippen LogP contribution in [0.4, 0.5) is 5.69 Å². The average Bonchev–Trinajstić information content (AvgIpc) is 2.35. The minimum atomic E-state index is 0.155. The van der Waals surface area contributed by atoms with E-state index in [2.05, 4.69) is 69.2 Å². The number of hydrogen-bond donors (Lipinski definition) is 1. The van der Waals surface area contributed by atoms with Crippen LogP contribution in [0.1, 0.15) is 33.3 Å². The van der Waals surface area contributed by atoms with Crippen molar-refractivity contribution in [3.63, 3.8) is 0 Å². The first-order valence-electron chi connectivity index (χ1n) is 6.89. The van der Waals surface area contributed by atoms with Gasteiger partial charge in [0.05, 0.1) is 6.61 Å². The Morgan fingerprint density at radius 3 is 2.26 bits per heavy atom. The molecular weight excluding hydrogens is 236 g/mol. The molecule has 0 fully saturated rings. The van der Waals surface area contributed by atoms with Crippen LogP contribution in [0, 0.1) is 0 Å². The molecule has 0 saturated carbocycles. The molecule has 1 aromatic rings. The lowest BCUT2D eigenvalue weighted by atomic mass is 10.1. The molecule has 0 aliphatic rings. The molecule has 0 aromatic heterocycles. The van der Waals surface area contributed by atoms with Crippen LogP contribution in [0.15, 0.2) is 24.3 Å². The summed E-state index contributed by atoms with van der Waals surface area (Å²) in [6.07, 6.45) is 0. The summed E-state index contributed by atoms with van der Waals surface area (Å²) in [7, 11) is 3.84. The summed E-state index contributed by atoms with van der Waals surface area (Å²) >= 11 is 0. The van der Waals surface area contributed by atoms with Crippen molar-refractivity contribution in [2.75, 3.05) is 25.7 Å². The van der Waals surface area contributed by atoms with Crippen molar-refractivity contribution in [3.05, 3.63) is 29.8 Å². The van der Waals surface area contributed by atoms with Gasteiger partial charge in [0.25, 0.3) is 0 Å². The Bertz CT molecular complexity index is 367. The first-order valence-corrected chi connectivity index (χ1v) is 6.89. The molecule has 1 rings (SSSR count). The molecule has 1 N–H and O–H groups in total. The SMILES string of the molecule is COCC(C)N(C)c1ccc(CNC(C)(C)C)cc1. The number of ether oxygens (including phenoxy) is 1. The van der Waals surface area contributed by atoms with E-state index < -0.39 is 0 Å². The summed E-state index contributed by atoms with van der Waals surface area (Å²) in [6.45, 7) is 10.4. The summed E-state index contributed by atoms with van der Waals surface area (Å²) in [6, 6.07) is 9.09. The van der Waals surface area contributed by atoms with Gasteiger partial charge in [0, 0.05) is 38.0 Å². The van der Waals surface area contributed by atoms with Gasteiger partial charge in [-0.15, -0.1) is 0 Å². The highest BCUT2D eigenvalue weighted by molar-refractivity contribution is 5.47. The molecule has 0 radical (unpaired) electrons. The number of hydrogen-bond acceptors (Lipinski definition) is 3. The zero-order chi connectivity index (χ0) is 14.5. The number of rotatable bonds is 6. The highest BCUT2D eigenvalue weighted by atomic mass is 16.5. The smallest absolute Gasteiger partial charge is 0.0663 e. The fourth-order valence-corrected chi connectivity index (χ4v) is 1.82. The molecule has 0 aliphatic carbocycles. The molecule has 108 valence electrons. The minimum absolute atomic E-state index is 0.155. The van der Waals surface area contributed by atoms with E-state index in [0.29, 0.717) is 6.04 Å². The largest absolute Gasteiger partial charge is 0.383 e. The van der Waals surface area contributed by atoms with E-state index in [1.807, 2.05) is 0 Å². The maximum Gasteiger partial charge on any atom is 0.0663 e. The van der Waals surface area contributed by atoms with Crippen LogP contribution in [0.5, 0.6) is 0 Å². The van der Waals surface area contributed by atoms with Gasteiger partial charge in [-0.2, -0.15) is 0 Å². The number of benzene rings is 1. The second kappa shape index (κ2) is 6.92. The van der Waals surface area contributed by atoms with E-state index in [1.54, 1.807) is 7.11 Å². The normalized spacial score (nSPS) is 13.4. The molecule has 0 spiro atoms. The van der Waals surface area contributed by atoms with Gasteiger partial charge in [-0.25, -0.2) is 0 Å². The predicted molar refractivity (Wildman–Crippen MR) is 82.8 cm³/mol. The lowest BCUT2D eigenvalue weighted by Gasteiger charge is -2.27. The minimum Gasteiger partial charge on any atom is -0.383 e. The Morgan fingerprint density at radius 2 is 1.79 bits per heavy atom. The third-order valence-corrected chi connectivity index (χ3v) is 3.24. The van der Waals surface area contributed by atoms with Crippen molar-refractivity contribution < 1.29 is 4.74 Å². The molecule has 0 saturated heterocycles. The Balaban J connectivity index is 2.60. The average molecular weight is 264 g/mol. The number of nitrogens with one attached hydrogen (secondary N) is 1. The third kappa shape index (κ3) is 5.62. The second-order valence-corrected chi connectivity index (χ2v) is 6.19. The van der Waals surface area contributed by atoms with Gasteiger partial charge in [0.2, 0.25) is 0 Å². The molecule has 0 amide bonds. The van der Waals surface area contributed by atoms with Crippen molar-refractivity contribution >= 4 is 5.69 Å². The van der Waals surface area contributed by atoms with Crippen LogP contribution in [0.25, 0.3) is 0 Å². The molecule has 19 heavy (non-hydrogen) atoms. The van der Waals surface area contributed by atoms with Crippen molar-refractivity contribution in [2.45, 2.75) is 45.8 Å². The predicted octanol–water partition coefficient (Wildman–Crippen LogP) is 3.05. The zero-order valence-electron chi connectivity index (χ0n) is 13.2. The lowest BCUT2D eigenvalue weighted by Crippen LogP contribution is -2.35. The maximum absolute atomic E-state index is 5.19. The summed E-state index contributed by atoms with van der Waals surface area (Å²) in [5.41, 5.74) is 2.69. The second-order valence-electron chi connectivity index (χ2n) is 6.19. The van der Waals surface area contributed by atoms with Crippen molar-refractivity contribution in [1.82, 2.24) is 5.32 Å². The Morgan fingerprint density at radius 1 is 1.21 bits per heavy atom. The van der Waals surface area contributed by atoms with E-state index >= 15 is 0 Å². The summed E-state index contributed by atoms with van der Waals surface area (Å²) < 4.78 is 5.19. The molecule has 0 bridgehead atoms. The van der Waals surface area contributed by atoms with E-state index in [-0.39, 0.29) is 5.54 Å². The Hall–Kier alpha value is -1.06. The van der Waals surface area contributed by atoms with Crippen LogP contribution in [0.3, 0.4) is 0 Å². The van der Waals surface area contributed by atoms with Gasteiger partial charge < -0.3 is 15.0 Å². The van der Waals surface area contributed by atoms with Gasteiger partial charge in [-0.05, 0) is 45.4 Å². The molecule has 1 unspecified atom stereocenters. The number of nitrogens with zero attached hydrogens (tertiary/aromatic N) is 1. The Kier molecular flexibility index (Phi) is 5.83. The van der Waals surface area contributed by atoms with Crippen LogP contribution in [0.2, 0.25) is 0 Å². The molecule has 3 nitrogen and oxygen atoms in total. The first kappa shape index (κ1) is 16.0. The summed E-state index contributed by atoms with van der Waals surface area (Å²) in [5.74, 6) is 0. The monoisotopic (exact) mass is 264 g/mol. The van der Waals surface area contributed by atoms with Crippen molar-refractivity contribution in [3.8, 4) is 0 Å². The van der Waals surface area contributed by atoms with Gasteiger partial charge in [0.15, 0.2) is 0 Å². The highest BCUT2D eigenvalue weighted by Gasteiger charge is 2.10. The van der Waals surface area contributed by atoms with E-state index in [0.717, 1.165) is 13.2 Å². The van der Waals surface area contributed by atoms with Crippen molar-refractivity contribution in [2.24, 2.45) is 0 Å².